The summed E-state index contributed by atoms with van der Waals surface area (Å²) in [5.74, 6) is -0.298. The predicted molar refractivity (Wildman–Crippen MR) is 102 cm³/mol. The number of non-ortho nitro benzene ring substituents is 1. The SMILES string of the molecule is O=C(CN1CCN(c2ccc([N+](=O)[O-])cc2)CC1)Nc1ccc(C(F)(F)F)cc1. The van der Waals surface area contributed by atoms with E-state index in [0.29, 0.717) is 31.9 Å². The molecule has 0 aliphatic carbocycles. The van der Waals surface area contributed by atoms with Crippen molar-refractivity contribution in [2.24, 2.45) is 0 Å². The first kappa shape index (κ1) is 20.6. The number of rotatable bonds is 5. The van der Waals surface area contributed by atoms with E-state index in [1.54, 1.807) is 12.1 Å². The second-order valence-electron chi connectivity index (χ2n) is 6.66. The number of hydrogen-bond acceptors (Lipinski definition) is 5. The Bertz CT molecular complexity index is 862. The summed E-state index contributed by atoms with van der Waals surface area (Å²) in [5.41, 5.74) is 0.460. The van der Waals surface area contributed by atoms with Gasteiger partial charge in [0.25, 0.3) is 5.69 Å². The standard InChI is InChI=1S/C19H19F3N4O3/c20-19(21,22)14-1-3-15(4-2-14)23-18(27)13-24-9-11-25(12-10-24)16-5-7-17(8-6-16)26(28)29/h1-8H,9-13H2,(H,23,27). The number of benzene rings is 2. The summed E-state index contributed by atoms with van der Waals surface area (Å²) < 4.78 is 37.7. The second kappa shape index (κ2) is 8.48. The zero-order valence-corrected chi connectivity index (χ0v) is 15.4. The van der Waals surface area contributed by atoms with E-state index in [4.69, 9.17) is 0 Å². The van der Waals surface area contributed by atoms with Crippen LogP contribution in [0.15, 0.2) is 48.5 Å². The molecule has 2 aromatic rings. The molecule has 10 heteroatoms. The molecule has 3 rings (SSSR count). The first-order valence-corrected chi connectivity index (χ1v) is 8.91. The van der Waals surface area contributed by atoms with Gasteiger partial charge in [0.2, 0.25) is 5.91 Å². The summed E-state index contributed by atoms with van der Waals surface area (Å²) in [6, 6.07) is 10.6. The van der Waals surface area contributed by atoms with Crippen molar-refractivity contribution in [3.8, 4) is 0 Å². The van der Waals surface area contributed by atoms with Gasteiger partial charge >= 0.3 is 6.18 Å². The predicted octanol–water partition coefficient (Wildman–Crippen LogP) is 3.37. The molecular weight excluding hydrogens is 389 g/mol. The van der Waals surface area contributed by atoms with Crippen molar-refractivity contribution in [3.63, 3.8) is 0 Å². The average Bonchev–Trinajstić information content (AvgIpc) is 2.68. The third-order valence-electron chi connectivity index (χ3n) is 4.66. The second-order valence-corrected chi connectivity index (χ2v) is 6.66. The zero-order chi connectivity index (χ0) is 21.0. The lowest BCUT2D eigenvalue weighted by atomic mass is 10.2. The summed E-state index contributed by atoms with van der Waals surface area (Å²) in [5, 5.41) is 13.3. The van der Waals surface area contributed by atoms with Crippen molar-refractivity contribution in [1.82, 2.24) is 4.90 Å². The Morgan fingerprint density at radius 2 is 1.59 bits per heavy atom. The zero-order valence-electron chi connectivity index (χ0n) is 15.4. The van der Waals surface area contributed by atoms with Gasteiger partial charge < -0.3 is 10.2 Å². The van der Waals surface area contributed by atoms with Crippen LogP contribution in [0.1, 0.15) is 5.56 Å². The Balaban J connectivity index is 1.47. The summed E-state index contributed by atoms with van der Waals surface area (Å²) in [4.78, 5) is 26.5. The van der Waals surface area contributed by atoms with Gasteiger partial charge in [-0.15, -0.1) is 0 Å². The molecule has 1 amide bonds. The molecule has 0 saturated carbocycles. The largest absolute Gasteiger partial charge is 0.416 e. The number of alkyl halides is 3. The van der Waals surface area contributed by atoms with Crippen LogP contribution in [0.25, 0.3) is 0 Å². The van der Waals surface area contributed by atoms with Crippen molar-refractivity contribution in [2.45, 2.75) is 6.18 Å². The molecule has 0 radical (unpaired) electrons. The normalized spacial score (nSPS) is 15.2. The molecule has 0 aromatic heterocycles. The summed E-state index contributed by atoms with van der Waals surface area (Å²) in [6.45, 7) is 2.70. The highest BCUT2D eigenvalue weighted by molar-refractivity contribution is 5.92. The van der Waals surface area contributed by atoms with Crippen LogP contribution in [0.2, 0.25) is 0 Å². The van der Waals surface area contributed by atoms with E-state index in [1.807, 2.05) is 4.90 Å². The van der Waals surface area contributed by atoms with Crippen molar-refractivity contribution in [2.75, 3.05) is 42.9 Å². The lowest BCUT2D eigenvalue weighted by molar-refractivity contribution is -0.384. The van der Waals surface area contributed by atoms with Gasteiger partial charge in [0.15, 0.2) is 0 Å². The molecule has 1 fully saturated rings. The molecular formula is C19H19F3N4O3. The minimum absolute atomic E-state index is 0.0346. The van der Waals surface area contributed by atoms with Gasteiger partial charge in [-0.05, 0) is 36.4 Å². The topological polar surface area (TPSA) is 78.7 Å². The number of carbonyl (C=O) groups excluding carboxylic acids is 1. The minimum atomic E-state index is -4.41. The first-order chi connectivity index (χ1) is 13.7. The van der Waals surface area contributed by atoms with Gasteiger partial charge in [0.05, 0.1) is 17.0 Å². The molecule has 0 atom stereocenters. The molecule has 1 saturated heterocycles. The molecule has 0 spiro atoms. The van der Waals surface area contributed by atoms with E-state index in [0.717, 1.165) is 17.8 Å². The van der Waals surface area contributed by atoms with Crippen LogP contribution in [-0.2, 0) is 11.0 Å². The van der Waals surface area contributed by atoms with Gasteiger partial charge in [-0.2, -0.15) is 13.2 Å². The van der Waals surface area contributed by atoms with E-state index in [2.05, 4.69) is 10.2 Å². The Morgan fingerprint density at radius 1 is 1.00 bits per heavy atom. The first-order valence-electron chi connectivity index (χ1n) is 8.91. The molecule has 1 aliphatic heterocycles. The maximum absolute atomic E-state index is 12.6. The molecule has 29 heavy (non-hydrogen) atoms. The minimum Gasteiger partial charge on any atom is -0.369 e. The van der Waals surface area contributed by atoms with Crippen molar-refractivity contribution in [1.29, 1.82) is 0 Å². The Hall–Kier alpha value is -3.14. The molecule has 2 aromatic carbocycles. The number of nitro groups is 1. The van der Waals surface area contributed by atoms with Gasteiger partial charge in [-0.3, -0.25) is 19.8 Å². The maximum Gasteiger partial charge on any atom is 0.416 e. The van der Waals surface area contributed by atoms with Crippen LogP contribution < -0.4 is 10.2 Å². The Labute approximate surface area is 164 Å². The third kappa shape index (κ3) is 5.44. The molecule has 0 unspecified atom stereocenters. The smallest absolute Gasteiger partial charge is 0.369 e. The lowest BCUT2D eigenvalue weighted by Crippen LogP contribution is -2.48. The van der Waals surface area contributed by atoms with Gasteiger partial charge in [0, 0.05) is 49.7 Å². The fraction of sp³-hybridized carbons (Fsp3) is 0.316. The van der Waals surface area contributed by atoms with Gasteiger partial charge in [-0.1, -0.05) is 0 Å². The summed E-state index contributed by atoms with van der Waals surface area (Å²) in [6.07, 6.45) is -4.41. The van der Waals surface area contributed by atoms with Gasteiger partial charge in [-0.25, -0.2) is 0 Å². The van der Waals surface area contributed by atoms with E-state index in [-0.39, 0.29) is 18.1 Å². The number of amides is 1. The number of halogens is 3. The molecule has 0 bridgehead atoms. The van der Waals surface area contributed by atoms with Crippen LogP contribution in [0.5, 0.6) is 0 Å². The lowest BCUT2D eigenvalue weighted by Gasteiger charge is -2.35. The van der Waals surface area contributed by atoms with Crippen LogP contribution in [0, 0.1) is 10.1 Å². The van der Waals surface area contributed by atoms with Crippen LogP contribution >= 0.6 is 0 Å². The highest BCUT2D eigenvalue weighted by Crippen LogP contribution is 2.29. The number of nitrogens with zero attached hydrogens (tertiary/aromatic N) is 3. The molecule has 154 valence electrons. The van der Waals surface area contributed by atoms with E-state index in [1.165, 1.54) is 24.3 Å². The monoisotopic (exact) mass is 408 g/mol. The van der Waals surface area contributed by atoms with Crippen molar-refractivity contribution < 1.29 is 22.9 Å². The summed E-state index contributed by atoms with van der Waals surface area (Å²) >= 11 is 0. The number of piperazine rings is 1. The van der Waals surface area contributed by atoms with Crippen LogP contribution in [-0.4, -0.2) is 48.5 Å². The quantitative estimate of drug-likeness (QED) is 0.606. The number of hydrogen-bond donors (Lipinski definition) is 1. The highest BCUT2D eigenvalue weighted by Gasteiger charge is 2.30. The maximum atomic E-state index is 12.6. The molecule has 7 nitrogen and oxygen atoms in total. The van der Waals surface area contributed by atoms with E-state index >= 15 is 0 Å². The fourth-order valence-electron chi connectivity index (χ4n) is 3.10. The number of nitrogens with one attached hydrogen (secondary N) is 1. The number of carbonyl (C=O) groups is 1. The summed E-state index contributed by atoms with van der Waals surface area (Å²) in [7, 11) is 0. The van der Waals surface area contributed by atoms with Crippen molar-refractivity contribution >= 4 is 23.0 Å². The van der Waals surface area contributed by atoms with Crippen LogP contribution in [0.4, 0.5) is 30.2 Å². The average molecular weight is 408 g/mol. The molecule has 1 N–H and O–H groups in total. The van der Waals surface area contributed by atoms with Crippen molar-refractivity contribution in [3.05, 3.63) is 64.2 Å². The number of nitro benzene ring substituents is 1. The Kier molecular flexibility index (Phi) is 6.02. The Morgan fingerprint density at radius 3 is 2.10 bits per heavy atom. The molecule has 1 aliphatic rings. The fourth-order valence-corrected chi connectivity index (χ4v) is 3.10. The third-order valence-corrected chi connectivity index (χ3v) is 4.66. The van der Waals surface area contributed by atoms with Gasteiger partial charge in [0.1, 0.15) is 0 Å². The molecule has 1 heterocycles. The van der Waals surface area contributed by atoms with Crippen LogP contribution in [0.3, 0.4) is 0 Å². The van der Waals surface area contributed by atoms with E-state index in [9.17, 15) is 28.1 Å². The number of anilines is 2. The highest BCUT2D eigenvalue weighted by atomic mass is 19.4. The van der Waals surface area contributed by atoms with E-state index < -0.39 is 16.7 Å².